The zero-order valence-corrected chi connectivity index (χ0v) is 7.00. The van der Waals surface area contributed by atoms with E-state index in [1.54, 1.807) is 0 Å². The van der Waals surface area contributed by atoms with Gasteiger partial charge in [0.25, 0.3) is 0 Å². The summed E-state index contributed by atoms with van der Waals surface area (Å²) in [6.45, 7) is 0.925. The lowest BCUT2D eigenvalue weighted by Crippen LogP contribution is -2.27. The second-order valence-electron chi connectivity index (χ2n) is 2.35. The van der Waals surface area contributed by atoms with E-state index in [1.807, 2.05) is 0 Å². The van der Waals surface area contributed by atoms with Crippen molar-refractivity contribution >= 4 is 15.6 Å². The first-order valence-corrected chi connectivity index (χ1v) is 4.71. The lowest BCUT2D eigenvalue weighted by molar-refractivity contribution is -0.114. The Bertz CT molecular complexity index is 264. The molecule has 7 heteroatoms. The number of ketones is 1. The maximum Gasteiger partial charge on any atom is 0.402 e. The number of carbonyl (C=O) groups excluding carboxylic acids is 1. The number of alkyl halides is 3. The topological polar surface area (TPSA) is 51.2 Å². The summed E-state index contributed by atoms with van der Waals surface area (Å²) in [5.41, 5.74) is 0. The molecule has 0 bridgehead atoms. The highest BCUT2D eigenvalue weighted by atomic mass is 32.2. The molecule has 0 amide bonds. The van der Waals surface area contributed by atoms with Crippen molar-refractivity contribution in [3.05, 3.63) is 0 Å². The molecule has 0 aromatic heterocycles. The third kappa shape index (κ3) is 6.14. The van der Waals surface area contributed by atoms with Crippen LogP contribution in [0.3, 0.4) is 0 Å². The molecule has 0 unspecified atom stereocenters. The molecule has 0 rings (SSSR count). The molecule has 3 nitrogen and oxygen atoms in total. The standard InChI is InChI=1S/C5H7F3O3S/c1-4(9)2-12(10,11)3-5(6,7)8/h2-3H2,1H3. The van der Waals surface area contributed by atoms with E-state index < -0.39 is 33.3 Å². The first-order chi connectivity index (χ1) is 5.12. The normalized spacial score (nSPS) is 13.0. The molecule has 0 fully saturated rings. The van der Waals surface area contributed by atoms with Gasteiger partial charge in [0.15, 0.2) is 9.84 Å². The molecule has 12 heavy (non-hydrogen) atoms. The summed E-state index contributed by atoms with van der Waals surface area (Å²) in [7, 11) is -4.31. The number of hydrogen-bond acceptors (Lipinski definition) is 3. The van der Waals surface area contributed by atoms with E-state index in [2.05, 4.69) is 0 Å². The third-order valence-electron chi connectivity index (χ3n) is 0.807. The molecule has 0 N–H and O–H groups in total. The van der Waals surface area contributed by atoms with Crippen LogP contribution in [0.25, 0.3) is 0 Å². The lowest BCUT2D eigenvalue weighted by atomic mass is 10.5. The molecule has 0 aliphatic carbocycles. The van der Waals surface area contributed by atoms with Gasteiger partial charge >= 0.3 is 6.18 Å². The Balaban J connectivity index is 4.36. The first-order valence-electron chi connectivity index (χ1n) is 2.89. The largest absolute Gasteiger partial charge is 0.402 e. The van der Waals surface area contributed by atoms with E-state index in [0.717, 1.165) is 6.92 Å². The zero-order chi connectivity index (χ0) is 9.99. The Labute approximate surface area is 67.5 Å². The molecule has 0 aliphatic rings. The van der Waals surface area contributed by atoms with E-state index in [-0.39, 0.29) is 0 Å². The van der Waals surface area contributed by atoms with Gasteiger partial charge in [-0.15, -0.1) is 0 Å². The molecular weight excluding hydrogens is 197 g/mol. The van der Waals surface area contributed by atoms with E-state index in [0.29, 0.717) is 0 Å². The fourth-order valence-electron chi connectivity index (χ4n) is 0.610. The van der Waals surface area contributed by atoms with Crippen molar-refractivity contribution in [1.82, 2.24) is 0 Å². The van der Waals surface area contributed by atoms with E-state index >= 15 is 0 Å². The molecule has 0 atom stereocenters. The molecule has 0 heterocycles. The molecule has 72 valence electrons. The van der Waals surface area contributed by atoms with Crippen molar-refractivity contribution < 1.29 is 26.4 Å². The Hall–Kier alpha value is -0.590. The van der Waals surface area contributed by atoms with E-state index in [9.17, 15) is 26.4 Å². The zero-order valence-electron chi connectivity index (χ0n) is 6.18. The minimum atomic E-state index is -4.77. The second-order valence-corrected chi connectivity index (χ2v) is 4.41. The monoisotopic (exact) mass is 204 g/mol. The maximum atomic E-state index is 11.5. The van der Waals surface area contributed by atoms with Gasteiger partial charge in [0, 0.05) is 0 Å². The Kier molecular flexibility index (Phi) is 3.25. The Morgan fingerprint density at radius 1 is 1.33 bits per heavy atom. The van der Waals surface area contributed by atoms with Gasteiger partial charge in [-0.2, -0.15) is 13.2 Å². The van der Waals surface area contributed by atoms with Gasteiger partial charge in [0.1, 0.15) is 17.3 Å². The highest BCUT2D eigenvalue weighted by Crippen LogP contribution is 2.17. The average Bonchev–Trinajstić information content (AvgIpc) is 1.48. The number of sulfone groups is 1. The summed E-state index contributed by atoms with van der Waals surface area (Å²) >= 11 is 0. The minimum Gasteiger partial charge on any atom is -0.299 e. The van der Waals surface area contributed by atoms with Gasteiger partial charge in [0.05, 0.1) is 0 Å². The molecular formula is C5H7F3O3S. The third-order valence-corrected chi connectivity index (χ3v) is 2.42. The van der Waals surface area contributed by atoms with Gasteiger partial charge in [-0.1, -0.05) is 0 Å². The van der Waals surface area contributed by atoms with Gasteiger partial charge in [-0.05, 0) is 6.92 Å². The summed E-state index contributed by atoms with van der Waals surface area (Å²) in [5.74, 6) is -3.77. The van der Waals surface area contributed by atoms with Crippen molar-refractivity contribution in [3.63, 3.8) is 0 Å². The SMILES string of the molecule is CC(=O)CS(=O)(=O)CC(F)(F)F. The molecule has 0 spiro atoms. The number of halogens is 3. The highest BCUT2D eigenvalue weighted by molar-refractivity contribution is 7.92. The fraction of sp³-hybridized carbons (Fsp3) is 0.800. The smallest absolute Gasteiger partial charge is 0.299 e. The predicted octanol–water partition coefficient (Wildman–Crippen LogP) is 0.553. The van der Waals surface area contributed by atoms with Crippen molar-refractivity contribution in [2.45, 2.75) is 13.1 Å². The lowest BCUT2D eigenvalue weighted by Gasteiger charge is -2.05. The van der Waals surface area contributed by atoms with Gasteiger partial charge in [-0.3, -0.25) is 4.79 Å². The van der Waals surface area contributed by atoms with Crippen molar-refractivity contribution in [1.29, 1.82) is 0 Å². The minimum absolute atomic E-state index is 0.792. The first kappa shape index (κ1) is 11.4. The van der Waals surface area contributed by atoms with Crippen LogP contribution in [0.5, 0.6) is 0 Å². The summed E-state index contributed by atoms with van der Waals surface area (Å²) in [5, 5.41) is 0. The van der Waals surface area contributed by atoms with Crippen LogP contribution in [0, 0.1) is 0 Å². The summed E-state index contributed by atoms with van der Waals surface area (Å²) in [6, 6.07) is 0. The molecule has 0 aromatic rings. The van der Waals surface area contributed by atoms with Crippen LogP contribution in [0.4, 0.5) is 13.2 Å². The molecule has 0 saturated carbocycles. The van der Waals surface area contributed by atoms with E-state index in [1.165, 1.54) is 0 Å². The van der Waals surface area contributed by atoms with E-state index in [4.69, 9.17) is 0 Å². The molecule has 0 aliphatic heterocycles. The van der Waals surface area contributed by atoms with Gasteiger partial charge < -0.3 is 0 Å². The van der Waals surface area contributed by atoms with Crippen LogP contribution >= 0.6 is 0 Å². The summed E-state index contributed by atoms with van der Waals surface area (Å²) in [4.78, 5) is 10.2. The van der Waals surface area contributed by atoms with Crippen LogP contribution in [0.2, 0.25) is 0 Å². The van der Waals surface area contributed by atoms with Crippen molar-refractivity contribution in [3.8, 4) is 0 Å². The highest BCUT2D eigenvalue weighted by Gasteiger charge is 2.35. The van der Waals surface area contributed by atoms with Crippen molar-refractivity contribution in [2.75, 3.05) is 11.5 Å². The maximum absolute atomic E-state index is 11.5. The van der Waals surface area contributed by atoms with Crippen LogP contribution in [0.15, 0.2) is 0 Å². The molecule has 0 aromatic carbocycles. The van der Waals surface area contributed by atoms with Crippen LogP contribution in [-0.4, -0.2) is 31.9 Å². The van der Waals surface area contributed by atoms with Crippen LogP contribution < -0.4 is 0 Å². The summed E-state index contributed by atoms with van der Waals surface area (Å²) < 4.78 is 55.6. The van der Waals surface area contributed by atoms with Crippen LogP contribution in [0.1, 0.15) is 6.92 Å². The number of rotatable bonds is 3. The van der Waals surface area contributed by atoms with Gasteiger partial charge in [0.2, 0.25) is 0 Å². The number of hydrogen-bond donors (Lipinski definition) is 0. The molecule has 0 radical (unpaired) electrons. The summed E-state index contributed by atoms with van der Waals surface area (Å²) in [6.07, 6.45) is -4.77. The average molecular weight is 204 g/mol. The van der Waals surface area contributed by atoms with Gasteiger partial charge in [-0.25, -0.2) is 8.42 Å². The number of carbonyl (C=O) groups is 1. The Morgan fingerprint density at radius 2 is 1.75 bits per heavy atom. The predicted molar refractivity (Wildman–Crippen MR) is 35.4 cm³/mol. The van der Waals surface area contributed by atoms with Crippen LogP contribution in [-0.2, 0) is 14.6 Å². The second kappa shape index (κ2) is 3.42. The van der Waals surface area contributed by atoms with Crippen molar-refractivity contribution in [2.24, 2.45) is 0 Å². The Morgan fingerprint density at radius 3 is 2.00 bits per heavy atom. The quantitative estimate of drug-likeness (QED) is 0.674. The number of Topliss-reactive ketones (excluding diaryl/α,β-unsaturated/α-hetero) is 1. The molecule has 0 saturated heterocycles. The fourth-order valence-corrected chi connectivity index (χ4v) is 1.83.